The van der Waals surface area contributed by atoms with E-state index in [4.69, 9.17) is 0 Å². The zero-order valence-electron chi connectivity index (χ0n) is 15.2. The Labute approximate surface area is 157 Å². The predicted molar refractivity (Wildman–Crippen MR) is 98.8 cm³/mol. The molecule has 140 valence electrons. The Morgan fingerprint density at radius 1 is 1.22 bits per heavy atom. The van der Waals surface area contributed by atoms with Crippen LogP contribution < -0.4 is 0 Å². The van der Waals surface area contributed by atoms with Crippen molar-refractivity contribution >= 4 is 5.91 Å². The van der Waals surface area contributed by atoms with E-state index in [0.29, 0.717) is 13.0 Å². The van der Waals surface area contributed by atoms with Crippen LogP contribution in [0.1, 0.15) is 36.6 Å². The number of amides is 1. The van der Waals surface area contributed by atoms with Crippen LogP contribution in [0, 0.1) is 0 Å². The molecule has 8 nitrogen and oxygen atoms in total. The Balaban J connectivity index is 1.40. The lowest BCUT2D eigenvalue weighted by Gasteiger charge is -2.32. The fraction of sp³-hybridized carbons (Fsp3) is 0.421. The molecule has 1 aliphatic heterocycles. The molecule has 1 amide bonds. The number of likely N-dealkylation sites (tertiary alicyclic amines) is 1. The number of carbonyl (C=O) groups excluding carboxylic acids is 1. The second-order valence-electron chi connectivity index (χ2n) is 6.90. The minimum Gasteiger partial charge on any atom is -0.342 e. The number of nitrogens with zero attached hydrogens (tertiary/aromatic N) is 7. The van der Waals surface area contributed by atoms with E-state index in [1.807, 2.05) is 23.4 Å². The van der Waals surface area contributed by atoms with Crippen LogP contribution in [0.3, 0.4) is 0 Å². The topological polar surface area (TPSA) is 81.7 Å². The van der Waals surface area contributed by atoms with Crippen LogP contribution in [-0.4, -0.2) is 53.7 Å². The van der Waals surface area contributed by atoms with Gasteiger partial charge in [-0.05, 0) is 28.8 Å². The van der Waals surface area contributed by atoms with Crippen molar-refractivity contribution in [3.63, 3.8) is 0 Å². The number of imidazole rings is 1. The molecule has 0 spiro atoms. The van der Waals surface area contributed by atoms with Gasteiger partial charge in [-0.25, -0.2) is 9.67 Å². The number of piperidine rings is 1. The number of rotatable bonds is 6. The van der Waals surface area contributed by atoms with Crippen LogP contribution in [0.2, 0.25) is 0 Å². The molecular weight excluding hydrogens is 342 g/mol. The SMILES string of the molecule is O=C(CCn1cnnn1)N1CCCC(c2nccn2Cc2ccccc2)C1. The van der Waals surface area contributed by atoms with Crippen molar-refractivity contribution in [3.05, 3.63) is 60.4 Å². The number of aromatic nitrogens is 6. The van der Waals surface area contributed by atoms with E-state index >= 15 is 0 Å². The van der Waals surface area contributed by atoms with E-state index < -0.39 is 0 Å². The Morgan fingerprint density at radius 3 is 2.93 bits per heavy atom. The van der Waals surface area contributed by atoms with Gasteiger partial charge in [-0.2, -0.15) is 0 Å². The molecule has 3 aromatic rings. The van der Waals surface area contributed by atoms with E-state index in [0.717, 1.165) is 38.3 Å². The van der Waals surface area contributed by atoms with Crippen LogP contribution >= 0.6 is 0 Å². The van der Waals surface area contributed by atoms with Crippen LogP contribution in [-0.2, 0) is 17.9 Å². The lowest BCUT2D eigenvalue weighted by Crippen LogP contribution is -2.40. The molecule has 1 aliphatic rings. The van der Waals surface area contributed by atoms with Crippen molar-refractivity contribution in [2.75, 3.05) is 13.1 Å². The first-order valence-corrected chi connectivity index (χ1v) is 9.33. The molecule has 1 saturated heterocycles. The van der Waals surface area contributed by atoms with E-state index in [-0.39, 0.29) is 11.8 Å². The molecule has 0 aliphatic carbocycles. The molecule has 0 bridgehead atoms. The number of aryl methyl sites for hydroxylation is 1. The quantitative estimate of drug-likeness (QED) is 0.664. The van der Waals surface area contributed by atoms with Gasteiger partial charge in [-0.3, -0.25) is 4.79 Å². The highest BCUT2D eigenvalue weighted by atomic mass is 16.2. The molecule has 4 rings (SSSR count). The van der Waals surface area contributed by atoms with Gasteiger partial charge in [-0.1, -0.05) is 30.3 Å². The molecular formula is C19H23N7O. The minimum absolute atomic E-state index is 0.149. The molecule has 0 saturated carbocycles. The van der Waals surface area contributed by atoms with Gasteiger partial charge in [0.1, 0.15) is 12.2 Å². The fourth-order valence-corrected chi connectivity index (χ4v) is 3.66. The summed E-state index contributed by atoms with van der Waals surface area (Å²) < 4.78 is 3.79. The average molecular weight is 365 g/mol. The first kappa shape index (κ1) is 17.4. The minimum atomic E-state index is 0.149. The first-order chi connectivity index (χ1) is 13.3. The molecule has 0 radical (unpaired) electrons. The standard InChI is InChI=1S/C19H23N7O/c27-18(8-11-26-15-21-22-23-26)24-10-4-7-17(14-24)19-20-9-12-25(19)13-16-5-2-1-3-6-16/h1-3,5-6,9,12,15,17H,4,7-8,10-11,13-14H2. The number of hydrogen-bond acceptors (Lipinski definition) is 5. The van der Waals surface area contributed by atoms with Crippen molar-refractivity contribution < 1.29 is 4.79 Å². The molecule has 27 heavy (non-hydrogen) atoms. The molecule has 2 aromatic heterocycles. The zero-order chi connectivity index (χ0) is 18.5. The van der Waals surface area contributed by atoms with Crippen LogP contribution in [0.15, 0.2) is 49.1 Å². The number of benzene rings is 1. The molecule has 3 heterocycles. The second kappa shape index (κ2) is 8.11. The third-order valence-corrected chi connectivity index (χ3v) is 5.03. The fourth-order valence-electron chi connectivity index (χ4n) is 3.66. The highest BCUT2D eigenvalue weighted by Crippen LogP contribution is 2.26. The molecule has 1 unspecified atom stereocenters. The summed E-state index contributed by atoms with van der Waals surface area (Å²) in [6.07, 6.45) is 7.89. The summed E-state index contributed by atoms with van der Waals surface area (Å²) in [6.45, 7) is 2.85. The maximum absolute atomic E-state index is 12.6. The van der Waals surface area contributed by atoms with Crippen LogP contribution in [0.25, 0.3) is 0 Å². The maximum atomic E-state index is 12.6. The van der Waals surface area contributed by atoms with E-state index in [1.54, 1.807) is 4.68 Å². The monoisotopic (exact) mass is 365 g/mol. The van der Waals surface area contributed by atoms with Crippen molar-refractivity contribution in [2.45, 2.75) is 38.3 Å². The summed E-state index contributed by atoms with van der Waals surface area (Å²) in [4.78, 5) is 19.2. The van der Waals surface area contributed by atoms with Crippen molar-refractivity contribution in [1.29, 1.82) is 0 Å². The van der Waals surface area contributed by atoms with Gasteiger partial charge < -0.3 is 9.47 Å². The van der Waals surface area contributed by atoms with E-state index in [1.165, 1.54) is 11.9 Å². The third-order valence-electron chi connectivity index (χ3n) is 5.03. The van der Waals surface area contributed by atoms with Crippen LogP contribution in [0.4, 0.5) is 0 Å². The van der Waals surface area contributed by atoms with Crippen molar-refractivity contribution in [1.82, 2.24) is 34.7 Å². The molecule has 1 aromatic carbocycles. The number of tetrazole rings is 1. The number of hydrogen-bond donors (Lipinski definition) is 0. The average Bonchev–Trinajstić information content (AvgIpc) is 3.39. The summed E-state index contributed by atoms with van der Waals surface area (Å²) in [7, 11) is 0. The molecule has 1 fully saturated rings. The lowest BCUT2D eigenvalue weighted by atomic mass is 9.96. The first-order valence-electron chi connectivity index (χ1n) is 9.33. The van der Waals surface area contributed by atoms with Crippen molar-refractivity contribution in [3.8, 4) is 0 Å². The smallest absolute Gasteiger partial charge is 0.224 e. The Kier molecular flexibility index (Phi) is 5.22. The summed E-state index contributed by atoms with van der Waals surface area (Å²) in [5, 5.41) is 11.0. The Bertz CT molecular complexity index is 859. The van der Waals surface area contributed by atoms with Gasteiger partial charge in [0.2, 0.25) is 5.91 Å². The van der Waals surface area contributed by atoms with E-state index in [2.05, 4.69) is 49.3 Å². The Morgan fingerprint density at radius 2 is 2.11 bits per heavy atom. The Hall–Kier alpha value is -3.03. The highest BCUT2D eigenvalue weighted by Gasteiger charge is 2.27. The summed E-state index contributed by atoms with van der Waals surface area (Å²) >= 11 is 0. The summed E-state index contributed by atoms with van der Waals surface area (Å²) in [5.74, 6) is 1.49. The van der Waals surface area contributed by atoms with E-state index in [9.17, 15) is 4.79 Å². The lowest BCUT2D eigenvalue weighted by molar-refractivity contribution is -0.132. The predicted octanol–water partition coefficient (Wildman–Crippen LogP) is 1.71. The molecule has 8 heteroatoms. The third kappa shape index (κ3) is 4.21. The maximum Gasteiger partial charge on any atom is 0.224 e. The zero-order valence-corrected chi connectivity index (χ0v) is 15.2. The van der Waals surface area contributed by atoms with Gasteiger partial charge in [0, 0.05) is 44.4 Å². The van der Waals surface area contributed by atoms with Gasteiger partial charge in [-0.15, -0.1) is 5.10 Å². The summed E-state index contributed by atoms with van der Waals surface area (Å²) in [6, 6.07) is 10.4. The van der Waals surface area contributed by atoms with Crippen molar-refractivity contribution in [2.24, 2.45) is 0 Å². The number of carbonyl (C=O) groups is 1. The normalized spacial score (nSPS) is 17.2. The van der Waals surface area contributed by atoms with Gasteiger partial charge in [0.25, 0.3) is 0 Å². The second-order valence-corrected chi connectivity index (χ2v) is 6.90. The largest absolute Gasteiger partial charge is 0.342 e. The van der Waals surface area contributed by atoms with Crippen LogP contribution in [0.5, 0.6) is 0 Å². The van der Waals surface area contributed by atoms with Gasteiger partial charge in [0.15, 0.2) is 0 Å². The summed E-state index contributed by atoms with van der Waals surface area (Å²) in [5.41, 5.74) is 1.25. The van der Waals surface area contributed by atoms with Gasteiger partial charge >= 0.3 is 0 Å². The van der Waals surface area contributed by atoms with Gasteiger partial charge in [0.05, 0.1) is 6.54 Å². The molecule has 0 N–H and O–H groups in total. The molecule has 1 atom stereocenters. The highest BCUT2D eigenvalue weighted by molar-refractivity contribution is 5.76.